The summed E-state index contributed by atoms with van der Waals surface area (Å²) in [6, 6.07) is 0. The van der Waals surface area contributed by atoms with Crippen molar-refractivity contribution >= 4 is 10.4 Å². The molecule has 0 bridgehead atoms. The number of aliphatic hydroxyl groups is 1. The van der Waals surface area contributed by atoms with Crippen LogP contribution in [0.3, 0.4) is 0 Å². The van der Waals surface area contributed by atoms with Crippen molar-refractivity contribution in [1.29, 1.82) is 0 Å². The molecule has 0 aliphatic carbocycles. The zero-order chi connectivity index (χ0) is 11.1. The highest BCUT2D eigenvalue weighted by Gasteiger charge is 1.97. The molecule has 0 rings (SSSR count). The SMILES string of the molecule is CCN(C)C(C)O.COS(=O)(=O)O. The highest BCUT2D eigenvalue weighted by atomic mass is 32.3. The summed E-state index contributed by atoms with van der Waals surface area (Å²) in [6.45, 7) is 4.66. The van der Waals surface area contributed by atoms with Crippen molar-refractivity contribution < 1.29 is 22.3 Å². The van der Waals surface area contributed by atoms with Gasteiger partial charge in [-0.1, -0.05) is 6.92 Å². The van der Waals surface area contributed by atoms with Gasteiger partial charge in [-0.05, 0) is 20.5 Å². The van der Waals surface area contributed by atoms with Gasteiger partial charge in [0, 0.05) is 0 Å². The van der Waals surface area contributed by atoms with Gasteiger partial charge in [0.2, 0.25) is 0 Å². The van der Waals surface area contributed by atoms with Crippen molar-refractivity contribution in [3.8, 4) is 0 Å². The first-order valence-corrected chi connectivity index (χ1v) is 5.02. The number of rotatable bonds is 3. The maximum atomic E-state index is 9.33. The van der Waals surface area contributed by atoms with Gasteiger partial charge in [0.05, 0.1) is 7.11 Å². The fraction of sp³-hybridized carbons (Fsp3) is 1.00. The van der Waals surface area contributed by atoms with Crippen molar-refractivity contribution in [2.24, 2.45) is 0 Å². The molecule has 0 radical (unpaired) electrons. The van der Waals surface area contributed by atoms with Crippen molar-refractivity contribution in [3.63, 3.8) is 0 Å². The fourth-order valence-electron chi connectivity index (χ4n) is 0.264. The first kappa shape index (κ1) is 15.3. The Morgan fingerprint density at radius 2 is 1.85 bits per heavy atom. The van der Waals surface area contributed by atoms with Gasteiger partial charge in [-0.3, -0.25) is 13.6 Å². The van der Waals surface area contributed by atoms with E-state index in [1.54, 1.807) is 6.92 Å². The molecule has 0 heterocycles. The van der Waals surface area contributed by atoms with Gasteiger partial charge < -0.3 is 5.11 Å². The lowest BCUT2D eigenvalue weighted by Gasteiger charge is -2.16. The average molecular weight is 215 g/mol. The van der Waals surface area contributed by atoms with Gasteiger partial charge in [0.25, 0.3) is 0 Å². The van der Waals surface area contributed by atoms with Crippen LogP contribution in [0.25, 0.3) is 0 Å². The van der Waals surface area contributed by atoms with Gasteiger partial charge in [0.1, 0.15) is 6.23 Å². The van der Waals surface area contributed by atoms with E-state index in [2.05, 4.69) is 4.18 Å². The van der Waals surface area contributed by atoms with Gasteiger partial charge >= 0.3 is 10.4 Å². The first-order valence-electron chi connectivity index (χ1n) is 3.66. The summed E-state index contributed by atoms with van der Waals surface area (Å²) in [6.07, 6.45) is -0.301. The summed E-state index contributed by atoms with van der Waals surface area (Å²) in [4.78, 5) is 1.85. The van der Waals surface area contributed by atoms with E-state index in [4.69, 9.17) is 9.66 Å². The molecule has 2 N–H and O–H groups in total. The molecule has 13 heavy (non-hydrogen) atoms. The van der Waals surface area contributed by atoms with E-state index in [9.17, 15) is 8.42 Å². The minimum absolute atomic E-state index is 0.301. The smallest absolute Gasteiger partial charge is 0.379 e. The van der Waals surface area contributed by atoms with Crippen LogP contribution in [0.5, 0.6) is 0 Å². The Hall–Kier alpha value is -0.210. The number of nitrogens with zero attached hydrogens (tertiary/aromatic N) is 1. The third-order valence-electron chi connectivity index (χ3n) is 1.35. The zero-order valence-electron chi connectivity index (χ0n) is 8.26. The van der Waals surface area contributed by atoms with E-state index in [1.807, 2.05) is 18.9 Å². The van der Waals surface area contributed by atoms with Crippen LogP contribution >= 0.6 is 0 Å². The predicted molar refractivity (Wildman–Crippen MR) is 48.5 cm³/mol. The van der Waals surface area contributed by atoms with Crippen molar-refractivity contribution in [2.75, 3.05) is 20.7 Å². The molecule has 1 unspecified atom stereocenters. The van der Waals surface area contributed by atoms with E-state index in [-0.39, 0.29) is 6.23 Å². The molecular formula is C6H17NO5S. The molecule has 0 amide bonds. The zero-order valence-corrected chi connectivity index (χ0v) is 9.08. The Kier molecular flexibility index (Phi) is 8.48. The topological polar surface area (TPSA) is 87.1 Å². The van der Waals surface area contributed by atoms with Crippen LogP contribution in [-0.2, 0) is 14.6 Å². The predicted octanol–water partition coefficient (Wildman–Crippen LogP) is -0.288. The van der Waals surface area contributed by atoms with E-state index in [1.165, 1.54) is 0 Å². The first-order chi connectivity index (χ1) is 5.74. The average Bonchev–Trinajstić information content (AvgIpc) is 2.02. The van der Waals surface area contributed by atoms with E-state index < -0.39 is 10.4 Å². The molecule has 0 aromatic heterocycles. The monoisotopic (exact) mass is 215 g/mol. The van der Waals surface area contributed by atoms with Crippen LogP contribution in [0.15, 0.2) is 0 Å². The van der Waals surface area contributed by atoms with Crippen LogP contribution in [0.1, 0.15) is 13.8 Å². The summed E-state index contributed by atoms with van der Waals surface area (Å²) >= 11 is 0. The summed E-state index contributed by atoms with van der Waals surface area (Å²) in [5.74, 6) is 0. The van der Waals surface area contributed by atoms with Crippen LogP contribution in [0, 0.1) is 0 Å². The lowest BCUT2D eigenvalue weighted by molar-refractivity contribution is 0.0424. The van der Waals surface area contributed by atoms with Crippen LogP contribution < -0.4 is 0 Å². The van der Waals surface area contributed by atoms with Crippen LogP contribution in [0.4, 0.5) is 0 Å². The van der Waals surface area contributed by atoms with Crippen molar-refractivity contribution in [3.05, 3.63) is 0 Å². The second-order valence-corrected chi connectivity index (χ2v) is 3.49. The fourth-order valence-corrected chi connectivity index (χ4v) is 0.264. The Morgan fingerprint density at radius 3 is 1.85 bits per heavy atom. The van der Waals surface area contributed by atoms with Gasteiger partial charge in [0.15, 0.2) is 0 Å². The summed E-state index contributed by atoms with van der Waals surface area (Å²) in [5, 5.41) is 8.75. The summed E-state index contributed by atoms with van der Waals surface area (Å²) in [5.41, 5.74) is 0. The Balaban J connectivity index is 0. The molecule has 0 saturated heterocycles. The van der Waals surface area contributed by atoms with E-state index >= 15 is 0 Å². The minimum Gasteiger partial charge on any atom is -0.379 e. The highest BCUT2D eigenvalue weighted by Crippen LogP contribution is 1.85. The second kappa shape index (κ2) is 7.22. The lowest BCUT2D eigenvalue weighted by atomic mass is 10.5. The quantitative estimate of drug-likeness (QED) is 0.497. The van der Waals surface area contributed by atoms with Crippen molar-refractivity contribution in [2.45, 2.75) is 20.1 Å². The molecule has 82 valence electrons. The molecule has 0 aromatic rings. The van der Waals surface area contributed by atoms with Crippen LogP contribution in [-0.4, -0.2) is 49.9 Å². The van der Waals surface area contributed by atoms with Gasteiger partial charge in [-0.15, -0.1) is 0 Å². The molecule has 1 atom stereocenters. The molecule has 0 spiro atoms. The summed E-state index contributed by atoms with van der Waals surface area (Å²) < 4.78 is 29.7. The highest BCUT2D eigenvalue weighted by molar-refractivity contribution is 7.80. The standard InChI is InChI=1S/C5H13NO.CH4O4S/c1-4-6(3)5(2)7;1-5-6(2,3)4/h5,7H,4H2,1-3H3;1H3,(H,2,3,4). The third-order valence-corrected chi connectivity index (χ3v) is 1.77. The van der Waals surface area contributed by atoms with E-state index in [0.29, 0.717) is 0 Å². The maximum Gasteiger partial charge on any atom is 0.397 e. The van der Waals surface area contributed by atoms with E-state index in [0.717, 1.165) is 13.7 Å². The minimum atomic E-state index is -4.16. The third kappa shape index (κ3) is 14.6. The summed E-state index contributed by atoms with van der Waals surface area (Å²) in [7, 11) is -1.41. The number of hydrogen-bond acceptors (Lipinski definition) is 5. The second-order valence-electron chi connectivity index (χ2n) is 2.30. The molecule has 0 aliphatic heterocycles. The van der Waals surface area contributed by atoms with Gasteiger partial charge in [-0.25, -0.2) is 0 Å². The largest absolute Gasteiger partial charge is 0.397 e. The molecule has 7 heteroatoms. The molecule has 0 fully saturated rings. The van der Waals surface area contributed by atoms with Crippen LogP contribution in [0.2, 0.25) is 0 Å². The van der Waals surface area contributed by atoms with Gasteiger partial charge in [-0.2, -0.15) is 8.42 Å². The molecule has 6 nitrogen and oxygen atoms in total. The molecule has 0 aliphatic rings. The number of aliphatic hydroxyl groups excluding tert-OH is 1. The molecule has 0 saturated carbocycles. The maximum absolute atomic E-state index is 9.33. The Morgan fingerprint density at radius 1 is 1.54 bits per heavy atom. The van der Waals surface area contributed by atoms with Crippen molar-refractivity contribution in [1.82, 2.24) is 4.90 Å². The Bertz CT molecular complexity index is 201. The molecule has 0 aromatic carbocycles. The Labute approximate surface area is 79.1 Å². The molecular weight excluding hydrogens is 198 g/mol. The lowest BCUT2D eigenvalue weighted by Crippen LogP contribution is -2.27. The normalized spacial score (nSPS) is 13.5. The number of hydrogen-bond donors (Lipinski definition) is 2.